The molecule has 36 heavy (non-hydrogen) atoms. The maximum Gasteiger partial charge on any atom is 0.487 e. The standard InChI is InChI=1S/C25H21ClF2N6O2/c1-15(2)33-7-8-34-22(13-33)32-21-10-16(9-20(23(21)34)17-11-29-14-30-12-17)24(35)31-18-3-5-19(6-4-18)36-25(26,27)28/h3-6,9-12,14H,1,7-8,13H2,2H3,(H,31,35). The largest absolute Gasteiger partial charge is 0.487 e. The Hall–Kier alpha value is -4.05. The number of aromatic nitrogens is 4. The minimum Gasteiger partial charge on any atom is -0.420 e. The highest BCUT2D eigenvalue weighted by Gasteiger charge is 2.27. The number of amides is 1. The van der Waals surface area contributed by atoms with Crippen molar-refractivity contribution in [2.24, 2.45) is 0 Å². The molecule has 0 bridgehead atoms. The van der Waals surface area contributed by atoms with Gasteiger partial charge in [-0.3, -0.25) is 4.79 Å². The SMILES string of the molecule is C=C(C)N1CCn2c(nc3cc(C(=O)Nc4ccc(OC(F)(F)Cl)cc4)cc(-c4cncnc4)c32)C1. The van der Waals surface area contributed by atoms with Crippen LogP contribution in [0.15, 0.2) is 67.4 Å². The molecule has 0 fully saturated rings. The van der Waals surface area contributed by atoms with Gasteiger partial charge in [-0.15, -0.1) is 8.78 Å². The van der Waals surface area contributed by atoms with Gasteiger partial charge in [-0.2, -0.15) is 0 Å². The summed E-state index contributed by atoms with van der Waals surface area (Å²) in [5.74, 6) is 0.357. The summed E-state index contributed by atoms with van der Waals surface area (Å²) in [4.78, 5) is 28.4. The number of benzene rings is 2. The van der Waals surface area contributed by atoms with E-state index in [0.717, 1.165) is 41.3 Å². The van der Waals surface area contributed by atoms with E-state index in [1.807, 2.05) is 6.92 Å². The quantitative estimate of drug-likeness (QED) is 0.356. The number of carbonyl (C=O) groups excluding carboxylic acids is 1. The van der Waals surface area contributed by atoms with E-state index in [2.05, 4.69) is 36.1 Å². The summed E-state index contributed by atoms with van der Waals surface area (Å²) in [5.41, 5.74) is 1.05. The Bertz CT molecular complexity index is 1450. The summed E-state index contributed by atoms with van der Waals surface area (Å²) < 4.78 is 32.1. The molecule has 0 saturated heterocycles. The number of hydrogen-bond donors (Lipinski definition) is 1. The van der Waals surface area contributed by atoms with Gasteiger partial charge in [-0.25, -0.2) is 15.0 Å². The Balaban J connectivity index is 1.51. The third-order valence-corrected chi connectivity index (χ3v) is 5.94. The van der Waals surface area contributed by atoms with Gasteiger partial charge in [0.2, 0.25) is 0 Å². The molecule has 1 aliphatic heterocycles. The first kappa shape index (κ1) is 23.7. The molecule has 5 rings (SSSR count). The van der Waals surface area contributed by atoms with E-state index < -0.39 is 5.57 Å². The zero-order valence-corrected chi connectivity index (χ0v) is 20.0. The lowest BCUT2D eigenvalue weighted by molar-refractivity contribution is -0.0964. The molecule has 0 saturated carbocycles. The first-order chi connectivity index (χ1) is 17.2. The highest BCUT2D eigenvalue weighted by molar-refractivity contribution is 6.20. The zero-order valence-electron chi connectivity index (χ0n) is 19.2. The van der Waals surface area contributed by atoms with Gasteiger partial charge < -0.3 is 19.5 Å². The van der Waals surface area contributed by atoms with Gasteiger partial charge in [-0.05, 0) is 43.3 Å². The topological polar surface area (TPSA) is 85.2 Å². The molecule has 1 aliphatic rings. The highest BCUT2D eigenvalue weighted by atomic mass is 35.5. The number of nitrogens with one attached hydrogen (secondary N) is 1. The number of alkyl halides is 3. The van der Waals surface area contributed by atoms with Gasteiger partial charge in [0, 0.05) is 65.2 Å². The minimum absolute atomic E-state index is 0.131. The molecule has 184 valence electrons. The zero-order chi connectivity index (χ0) is 25.4. The fourth-order valence-electron chi connectivity index (χ4n) is 4.21. The lowest BCUT2D eigenvalue weighted by Crippen LogP contribution is -2.32. The molecule has 1 N–H and O–H groups in total. The van der Waals surface area contributed by atoms with E-state index in [0.29, 0.717) is 23.3 Å². The van der Waals surface area contributed by atoms with E-state index in [4.69, 9.17) is 16.6 Å². The van der Waals surface area contributed by atoms with Crippen molar-refractivity contribution in [1.82, 2.24) is 24.4 Å². The molecular formula is C25H21ClF2N6O2. The third-order valence-electron chi connectivity index (χ3n) is 5.87. The van der Waals surface area contributed by atoms with Crippen LogP contribution in [-0.4, -0.2) is 42.4 Å². The van der Waals surface area contributed by atoms with Crippen LogP contribution in [-0.2, 0) is 13.1 Å². The van der Waals surface area contributed by atoms with Crippen molar-refractivity contribution < 1.29 is 18.3 Å². The first-order valence-corrected chi connectivity index (χ1v) is 11.4. The summed E-state index contributed by atoms with van der Waals surface area (Å²) in [6.45, 7) is 8.15. The number of imidazole rings is 1. The molecule has 0 atom stereocenters. The maximum absolute atomic E-state index is 13.2. The average molecular weight is 511 g/mol. The molecule has 2 aromatic carbocycles. The van der Waals surface area contributed by atoms with Crippen LogP contribution in [0.4, 0.5) is 14.5 Å². The van der Waals surface area contributed by atoms with E-state index in [1.165, 1.54) is 30.6 Å². The Labute approximate surface area is 210 Å². The van der Waals surface area contributed by atoms with Crippen molar-refractivity contribution in [2.45, 2.75) is 25.6 Å². The van der Waals surface area contributed by atoms with Gasteiger partial charge in [0.1, 0.15) is 17.9 Å². The summed E-state index contributed by atoms with van der Waals surface area (Å²) in [7, 11) is 0. The van der Waals surface area contributed by atoms with Crippen molar-refractivity contribution in [1.29, 1.82) is 0 Å². The molecular weight excluding hydrogens is 490 g/mol. The fraction of sp³-hybridized carbons (Fsp3) is 0.200. The number of halogens is 3. The second-order valence-corrected chi connectivity index (χ2v) is 8.82. The molecule has 8 nitrogen and oxygen atoms in total. The summed E-state index contributed by atoms with van der Waals surface area (Å²) in [6.07, 6.45) is 4.83. The molecule has 3 heterocycles. The predicted molar refractivity (Wildman–Crippen MR) is 132 cm³/mol. The summed E-state index contributed by atoms with van der Waals surface area (Å²) in [6, 6.07) is 8.99. The van der Waals surface area contributed by atoms with Crippen molar-refractivity contribution in [3.8, 4) is 16.9 Å². The number of anilines is 1. The van der Waals surface area contributed by atoms with Crippen molar-refractivity contribution in [2.75, 3.05) is 11.9 Å². The molecule has 1 amide bonds. The molecule has 11 heteroatoms. The van der Waals surface area contributed by atoms with Crippen molar-refractivity contribution >= 4 is 34.2 Å². The number of allylic oxidation sites excluding steroid dienone is 1. The number of carbonyl (C=O) groups is 1. The van der Waals surface area contributed by atoms with E-state index in [-0.39, 0.29) is 11.7 Å². The second kappa shape index (κ2) is 9.19. The summed E-state index contributed by atoms with van der Waals surface area (Å²) in [5, 5.41) is 2.77. The van der Waals surface area contributed by atoms with Crippen LogP contribution in [0.25, 0.3) is 22.2 Å². The molecule has 0 radical (unpaired) electrons. The Kier molecular flexibility index (Phi) is 6.05. The summed E-state index contributed by atoms with van der Waals surface area (Å²) >= 11 is 4.80. The number of nitrogens with zero attached hydrogens (tertiary/aromatic N) is 5. The van der Waals surface area contributed by atoms with Crippen molar-refractivity contribution in [3.05, 3.63) is 78.8 Å². The second-order valence-electron chi connectivity index (χ2n) is 8.38. The van der Waals surface area contributed by atoms with Crippen LogP contribution in [0.3, 0.4) is 0 Å². The lowest BCUT2D eigenvalue weighted by Gasteiger charge is -2.30. The maximum atomic E-state index is 13.2. The number of fused-ring (bicyclic) bond motifs is 3. The molecule has 4 aromatic rings. The van der Waals surface area contributed by atoms with E-state index in [1.54, 1.807) is 24.5 Å². The van der Waals surface area contributed by atoms with Crippen LogP contribution >= 0.6 is 11.6 Å². The number of rotatable bonds is 6. The number of ether oxygens (including phenoxy) is 1. The van der Waals surface area contributed by atoms with Gasteiger partial charge >= 0.3 is 5.57 Å². The lowest BCUT2D eigenvalue weighted by atomic mass is 10.0. The Morgan fingerprint density at radius 1 is 1.17 bits per heavy atom. The van der Waals surface area contributed by atoms with Gasteiger partial charge in [0.05, 0.1) is 17.6 Å². The van der Waals surface area contributed by atoms with Crippen molar-refractivity contribution in [3.63, 3.8) is 0 Å². The highest BCUT2D eigenvalue weighted by Crippen LogP contribution is 2.33. The monoisotopic (exact) mass is 510 g/mol. The molecule has 2 aromatic heterocycles. The van der Waals surface area contributed by atoms with Crippen LogP contribution in [0.2, 0.25) is 0 Å². The van der Waals surface area contributed by atoms with Crippen LogP contribution in [0.5, 0.6) is 5.75 Å². The Morgan fingerprint density at radius 3 is 2.56 bits per heavy atom. The van der Waals surface area contributed by atoms with Crippen LogP contribution < -0.4 is 10.1 Å². The minimum atomic E-state index is -3.82. The first-order valence-electron chi connectivity index (χ1n) is 11.0. The average Bonchev–Trinajstić information content (AvgIpc) is 3.22. The fourth-order valence-corrected chi connectivity index (χ4v) is 4.30. The third kappa shape index (κ3) is 4.85. The molecule has 0 aliphatic carbocycles. The molecule has 0 unspecified atom stereocenters. The van der Waals surface area contributed by atoms with Gasteiger partial charge in [-0.1, -0.05) is 6.58 Å². The predicted octanol–water partition coefficient (Wildman–Crippen LogP) is 5.26. The number of hydrogen-bond acceptors (Lipinski definition) is 6. The van der Waals surface area contributed by atoms with E-state index >= 15 is 0 Å². The van der Waals surface area contributed by atoms with E-state index in [9.17, 15) is 13.6 Å². The smallest absolute Gasteiger partial charge is 0.420 e. The van der Waals surface area contributed by atoms with Crippen LogP contribution in [0.1, 0.15) is 23.1 Å². The van der Waals surface area contributed by atoms with Crippen LogP contribution in [0, 0.1) is 0 Å². The normalized spacial score (nSPS) is 13.4. The van der Waals surface area contributed by atoms with Gasteiger partial charge in [0.15, 0.2) is 0 Å². The van der Waals surface area contributed by atoms with Gasteiger partial charge in [0.25, 0.3) is 5.91 Å². The Morgan fingerprint density at radius 2 is 1.89 bits per heavy atom. The molecule has 0 spiro atoms.